The summed E-state index contributed by atoms with van der Waals surface area (Å²) < 4.78 is 19.7. The predicted octanol–water partition coefficient (Wildman–Crippen LogP) is 2.59. The SMILES string of the molecule is COc1cc2nc(Nc3cccc(Cl)c3F)ncc2cc1CN1C[C@H](O)C[C@@H]1C(N)=O. The molecule has 0 bridgehead atoms. The Balaban J connectivity index is 1.63. The minimum absolute atomic E-state index is 0.00148. The summed E-state index contributed by atoms with van der Waals surface area (Å²) in [4.78, 5) is 22.2. The van der Waals surface area contributed by atoms with Gasteiger partial charge in [-0.3, -0.25) is 9.69 Å². The molecule has 2 atom stereocenters. The molecule has 1 aliphatic heterocycles. The number of aromatic nitrogens is 2. The molecule has 1 saturated heterocycles. The molecular formula is C21H21ClFN5O3. The monoisotopic (exact) mass is 445 g/mol. The van der Waals surface area contributed by atoms with E-state index in [1.165, 1.54) is 19.2 Å². The van der Waals surface area contributed by atoms with Crippen molar-refractivity contribution in [2.75, 3.05) is 19.0 Å². The number of hydrogen-bond acceptors (Lipinski definition) is 7. The topological polar surface area (TPSA) is 114 Å². The molecule has 31 heavy (non-hydrogen) atoms. The molecule has 0 saturated carbocycles. The number of hydrogen-bond donors (Lipinski definition) is 3. The number of ether oxygens (including phenoxy) is 1. The number of nitrogens with two attached hydrogens (primary N) is 1. The van der Waals surface area contributed by atoms with Crippen LogP contribution in [0.25, 0.3) is 10.9 Å². The van der Waals surface area contributed by atoms with Crippen molar-refractivity contribution in [2.24, 2.45) is 5.73 Å². The number of carbonyl (C=O) groups excluding carboxylic acids is 1. The van der Waals surface area contributed by atoms with Gasteiger partial charge in [0.2, 0.25) is 11.9 Å². The van der Waals surface area contributed by atoms with Crippen molar-refractivity contribution in [1.29, 1.82) is 0 Å². The van der Waals surface area contributed by atoms with Crippen LogP contribution in [-0.2, 0) is 11.3 Å². The van der Waals surface area contributed by atoms with Gasteiger partial charge < -0.3 is 20.9 Å². The third-order valence-electron chi connectivity index (χ3n) is 5.26. The molecule has 1 fully saturated rings. The van der Waals surface area contributed by atoms with Crippen molar-refractivity contribution >= 4 is 40.0 Å². The van der Waals surface area contributed by atoms with Gasteiger partial charge in [0.05, 0.1) is 35.5 Å². The number of nitrogens with zero attached hydrogens (tertiary/aromatic N) is 3. The maximum atomic E-state index is 14.2. The van der Waals surface area contributed by atoms with Crippen LogP contribution in [0.5, 0.6) is 5.75 Å². The fourth-order valence-electron chi connectivity index (χ4n) is 3.77. The molecule has 0 aliphatic carbocycles. The molecule has 0 radical (unpaired) electrons. The number of benzene rings is 2. The minimum Gasteiger partial charge on any atom is -0.496 e. The third-order valence-corrected chi connectivity index (χ3v) is 5.56. The molecule has 1 aromatic heterocycles. The van der Waals surface area contributed by atoms with Crippen LogP contribution in [0.15, 0.2) is 36.5 Å². The van der Waals surface area contributed by atoms with Gasteiger partial charge in [-0.15, -0.1) is 0 Å². The first-order valence-electron chi connectivity index (χ1n) is 9.62. The van der Waals surface area contributed by atoms with Gasteiger partial charge in [-0.25, -0.2) is 14.4 Å². The maximum absolute atomic E-state index is 14.2. The lowest BCUT2D eigenvalue weighted by Gasteiger charge is -2.22. The molecule has 0 spiro atoms. The van der Waals surface area contributed by atoms with Crippen LogP contribution in [-0.4, -0.2) is 51.7 Å². The van der Waals surface area contributed by atoms with Crippen LogP contribution in [0.2, 0.25) is 5.02 Å². The molecule has 4 rings (SSSR count). The second-order valence-corrected chi connectivity index (χ2v) is 7.79. The van der Waals surface area contributed by atoms with E-state index >= 15 is 0 Å². The summed E-state index contributed by atoms with van der Waals surface area (Å²) in [6.07, 6.45) is 1.32. The van der Waals surface area contributed by atoms with Crippen LogP contribution in [0, 0.1) is 5.82 Å². The van der Waals surface area contributed by atoms with Gasteiger partial charge in [0.15, 0.2) is 5.82 Å². The van der Waals surface area contributed by atoms with E-state index in [0.29, 0.717) is 30.8 Å². The number of rotatable bonds is 6. The number of likely N-dealkylation sites (tertiary alicyclic amines) is 1. The number of methoxy groups -OCH3 is 1. The zero-order chi connectivity index (χ0) is 22.1. The number of nitrogens with one attached hydrogen (secondary N) is 1. The Morgan fingerprint density at radius 2 is 2.26 bits per heavy atom. The van der Waals surface area contributed by atoms with Crippen LogP contribution in [0.3, 0.4) is 0 Å². The molecule has 2 aromatic carbocycles. The summed E-state index contributed by atoms with van der Waals surface area (Å²) in [5.41, 5.74) is 7.04. The second-order valence-electron chi connectivity index (χ2n) is 7.38. The standard InChI is InChI=1S/C21H21ClFN5O3/c1-31-18-7-16-11(5-12(18)9-28-10-13(29)6-17(28)20(24)30)8-25-21(27-16)26-15-4-2-3-14(22)19(15)23/h2-5,7-8,13,17,29H,6,9-10H2,1H3,(H2,24,30)(H,25,26,27)/t13-,17-/m1/s1. The van der Waals surface area contributed by atoms with E-state index in [-0.39, 0.29) is 16.7 Å². The zero-order valence-corrected chi connectivity index (χ0v) is 17.4. The van der Waals surface area contributed by atoms with Gasteiger partial charge in [0.25, 0.3) is 0 Å². The fraction of sp³-hybridized carbons (Fsp3) is 0.286. The van der Waals surface area contributed by atoms with Crippen LogP contribution >= 0.6 is 11.6 Å². The highest BCUT2D eigenvalue weighted by atomic mass is 35.5. The van der Waals surface area contributed by atoms with Crippen LogP contribution in [0.4, 0.5) is 16.0 Å². The Kier molecular flexibility index (Phi) is 5.90. The lowest BCUT2D eigenvalue weighted by atomic mass is 10.1. The van der Waals surface area contributed by atoms with Crippen LogP contribution < -0.4 is 15.8 Å². The Labute approximate surface area is 182 Å². The highest BCUT2D eigenvalue weighted by molar-refractivity contribution is 6.31. The summed E-state index contributed by atoms with van der Waals surface area (Å²) in [5, 5.41) is 13.5. The third kappa shape index (κ3) is 4.39. The van der Waals surface area contributed by atoms with Gasteiger partial charge in [0, 0.05) is 36.3 Å². The first-order chi connectivity index (χ1) is 14.9. The van der Waals surface area contributed by atoms with Crippen molar-refractivity contribution < 1.29 is 19.0 Å². The highest BCUT2D eigenvalue weighted by Gasteiger charge is 2.35. The van der Waals surface area contributed by atoms with Crippen molar-refractivity contribution in [3.8, 4) is 5.75 Å². The summed E-state index contributed by atoms with van der Waals surface area (Å²) >= 11 is 5.82. The average Bonchev–Trinajstić information content (AvgIpc) is 3.11. The number of anilines is 2. The van der Waals surface area contributed by atoms with Gasteiger partial charge in [-0.05, 0) is 24.6 Å². The first-order valence-corrected chi connectivity index (χ1v) is 9.99. The lowest BCUT2D eigenvalue weighted by molar-refractivity contribution is -0.122. The van der Waals surface area contributed by atoms with E-state index in [2.05, 4.69) is 15.3 Å². The number of aliphatic hydroxyl groups excluding tert-OH is 1. The van der Waals surface area contributed by atoms with Gasteiger partial charge >= 0.3 is 0 Å². The molecule has 2 heterocycles. The molecule has 3 aromatic rings. The van der Waals surface area contributed by atoms with Gasteiger partial charge in [-0.1, -0.05) is 17.7 Å². The molecule has 0 unspecified atom stereocenters. The van der Waals surface area contributed by atoms with Gasteiger partial charge in [-0.2, -0.15) is 0 Å². The molecule has 10 heteroatoms. The summed E-state index contributed by atoms with van der Waals surface area (Å²) in [5.74, 6) is -0.281. The summed E-state index contributed by atoms with van der Waals surface area (Å²) in [7, 11) is 1.54. The number of fused-ring (bicyclic) bond motifs is 1. The Morgan fingerprint density at radius 3 is 3.00 bits per heavy atom. The summed E-state index contributed by atoms with van der Waals surface area (Å²) in [6.45, 7) is 0.719. The molecular weight excluding hydrogens is 425 g/mol. The number of aliphatic hydroxyl groups is 1. The Hall–Kier alpha value is -3.01. The van der Waals surface area contributed by atoms with E-state index in [9.17, 15) is 14.3 Å². The zero-order valence-electron chi connectivity index (χ0n) is 16.7. The first kappa shape index (κ1) is 21.2. The molecule has 1 amide bonds. The minimum atomic E-state index is -0.604. The largest absolute Gasteiger partial charge is 0.496 e. The smallest absolute Gasteiger partial charge is 0.234 e. The lowest BCUT2D eigenvalue weighted by Crippen LogP contribution is -2.39. The number of halogens is 2. The normalized spacial score (nSPS) is 19.0. The number of amides is 1. The Morgan fingerprint density at radius 1 is 1.45 bits per heavy atom. The molecule has 1 aliphatic rings. The van der Waals surface area contributed by atoms with Gasteiger partial charge in [0.1, 0.15) is 5.75 Å². The van der Waals surface area contributed by atoms with Crippen molar-refractivity contribution in [3.05, 3.63) is 52.9 Å². The van der Waals surface area contributed by atoms with Crippen molar-refractivity contribution in [3.63, 3.8) is 0 Å². The number of carbonyl (C=O) groups is 1. The second kappa shape index (κ2) is 8.62. The Bertz CT molecular complexity index is 1150. The van der Waals surface area contributed by atoms with E-state index in [0.717, 1.165) is 10.9 Å². The van der Waals surface area contributed by atoms with E-state index in [1.807, 2.05) is 11.0 Å². The van der Waals surface area contributed by atoms with E-state index in [1.54, 1.807) is 18.3 Å². The summed E-state index contributed by atoms with van der Waals surface area (Å²) in [6, 6.07) is 7.69. The van der Waals surface area contributed by atoms with E-state index in [4.69, 9.17) is 22.1 Å². The highest BCUT2D eigenvalue weighted by Crippen LogP contribution is 2.30. The predicted molar refractivity (Wildman–Crippen MR) is 115 cm³/mol. The maximum Gasteiger partial charge on any atom is 0.234 e. The number of primary amides is 1. The van der Waals surface area contributed by atoms with E-state index < -0.39 is 23.9 Å². The molecule has 162 valence electrons. The fourth-order valence-corrected chi connectivity index (χ4v) is 3.94. The quantitative estimate of drug-likeness (QED) is 0.534. The average molecular weight is 446 g/mol. The van der Waals surface area contributed by atoms with Crippen LogP contribution in [0.1, 0.15) is 12.0 Å². The van der Waals surface area contributed by atoms with Crippen molar-refractivity contribution in [2.45, 2.75) is 25.1 Å². The number of β-amino-alcohol motifs (C(OH)–C–C–N with tert-alkyl or cyclic N) is 1. The van der Waals surface area contributed by atoms with Crippen molar-refractivity contribution in [1.82, 2.24) is 14.9 Å². The molecule has 4 N–H and O–H groups in total. The molecule has 8 nitrogen and oxygen atoms in total.